The summed E-state index contributed by atoms with van der Waals surface area (Å²) in [6.45, 7) is 2.11. The van der Waals surface area contributed by atoms with E-state index in [4.69, 9.17) is 11.6 Å². The molecule has 4 heteroatoms. The number of aromatic nitrogens is 2. The Balaban J connectivity index is 1.83. The second-order valence-electron chi connectivity index (χ2n) is 6.88. The minimum Gasteiger partial charge on any atom is -0.373 e. The fourth-order valence-electron chi connectivity index (χ4n) is 3.51. The van der Waals surface area contributed by atoms with Crippen molar-refractivity contribution in [3.05, 3.63) is 124 Å². The zero-order chi connectivity index (χ0) is 19.6. The molecule has 4 rings (SSSR count). The van der Waals surface area contributed by atoms with E-state index >= 15 is 0 Å². The number of rotatable bonds is 5. The Morgan fingerprint density at radius 3 is 2.18 bits per heavy atom. The SMILES string of the molecule is CC(c1ccccc1)c1cnc(C(O)(c2ccccc2)c2ccccc2Cl)[nH]1. The van der Waals surface area contributed by atoms with Crippen LogP contribution in [0.15, 0.2) is 91.1 Å². The Bertz CT molecular complexity index is 1060. The maximum absolute atomic E-state index is 11.9. The van der Waals surface area contributed by atoms with Gasteiger partial charge in [-0.25, -0.2) is 4.98 Å². The summed E-state index contributed by atoms with van der Waals surface area (Å²) in [6, 6.07) is 27.0. The predicted octanol–water partition coefficient (Wildman–Crippen LogP) is 5.50. The molecule has 0 saturated heterocycles. The number of H-pyrrole nitrogens is 1. The van der Waals surface area contributed by atoms with Gasteiger partial charge < -0.3 is 10.1 Å². The third kappa shape index (κ3) is 3.24. The Labute approximate surface area is 169 Å². The summed E-state index contributed by atoms with van der Waals surface area (Å²) >= 11 is 6.47. The van der Waals surface area contributed by atoms with E-state index in [1.54, 1.807) is 12.3 Å². The molecule has 0 spiro atoms. The lowest BCUT2D eigenvalue weighted by atomic mass is 9.85. The minimum atomic E-state index is -1.48. The average Bonchev–Trinajstić information content (AvgIpc) is 3.25. The summed E-state index contributed by atoms with van der Waals surface area (Å²) in [5.41, 5.74) is 1.93. The Kier molecular flexibility index (Phi) is 5.03. The molecule has 0 aliphatic heterocycles. The molecule has 2 unspecified atom stereocenters. The largest absolute Gasteiger partial charge is 0.373 e. The van der Waals surface area contributed by atoms with Crippen molar-refractivity contribution in [1.29, 1.82) is 0 Å². The van der Waals surface area contributed by atoms with E-state index in [0.29, 0.717) is 22.0 Å². The van der Waals surface area contributed by atoms with Gasteiger partial charge in [-0.3, -0.25) is 0 Å². The van der Waals surface area contributed by atoms with E-state index in [1.165, 1.54) is 5.56 Å². The van der Waals surface area contributed by atoms with Gasteiger partial charge in [0.15, 0.2) is 5.60 Å². The maximum atomic E-state index is 11.9. The third-order valence-electron chi connectivity index (χ3n) is 5.16. The highest BCUT2D eigenvalue weighted by Gasteiger charge is 2.38. The molecule has 2 atom stereocenters. The molecule has 3 aromatic carbocycles. The summed E-state index contributed by atoms with van der Waals surface area (Å²) in [5, 5.41) is 12.4. The van der Waals surface area contributed by atoms with Gasteiger partial charge in [-0.1, -0.05) is 97.4 Å². The first-order valence-corrected chi connectivity index (χ1v) is 9.61. The topological polar surface area (TPSA) is 48.9 Å². The van der Waals surface area contributed by atoms with Crippen molar-refractivity contribution in [3.63, 3.8) is 0 Å². The molecule has 4 aromatic rings. The summed E-state index contributed by atoms with van der Waals surface area (Å²) < 4.78 is 0. The standard InChI is InChI=1S/C24H21ClN2O/c1-17(18-10-4-2-5-11-18)22-16-26-23(27-22)24(28,19-12-6-3-7-13-19)20-14-8-9-15-21(20)25/h2-17,28H,1H3,(H,26,27). The predicted molar refractivity (Wildman–Crippen MR) is 113 cm³/mol. The lowest BCUT2D eigenvalue weighted by molar-refractivity contribution is 0.116. The van der Waals surface area contributed by atoms with Gasteiger partial charge in [0.2, 0.25) is 0 Å². The average molecular weight is 389 g/mol. The normalized spacial score (nSPS) is 14.4. The van der Waals surface area contributed by atoms with Crippen LogP contribution in [0.1, 0.15) is 41.1 Å². The third-order valence-corrected chi connectivity index (χ3v) is 5.49. The number of aliphatic hydroxyl groups is 1. The van der Waals surface area contributed by atoms with Gasteiger partial charge in [-0.15, -0.1) is 0 Å². The molecule has 140 valence electrons. The molecule has 28 heavy (non-hydrogen) atoms. The fraction of sp³-hybridized carbons (Fsp3) is 0.125. The van der Waals surface area contributed by atoms with Crippen molar-refractivity contribution in [2.45, 2.75) is 18.4 Å². The molecule has 0 radical (unpaired) electrons. The summed E-state index contributed by atoms with van der Waals surface area (Å²) in [4.78, 5) is 7.92. The van der Waals surface area contributed by atoms with Gasteiger partial charge in [0.1, 0.15) is 5.82 Å². The van der Waals surface area contributed by atoms with Crippen LogP contribution in [0.3, 0.4) is 0 Å². The fourth-order valence-corrected chi connectivity index (χ4v) is 3.79. The quantitative estimate of drug-likeness (QED) is 0.474. The monoisotopic (exact) mass is 388 g/mol. The summed E-state index contributed by atoms with van der Waals surface area (Å²) in [7, 11) is 0. The zero-order valence-corrected chi connectivity index (χ0v) is 16.3. The number of benzene rings is 3. The van der Waals surface area contributed by atoms with Crippen LogP contribution in [-0.2, 0) is 5.60 Å². The van der Waals surface area contributed by atoms with E-state index in [1.807, 2.05) is 66.7 Å². The highest BCUT2D eigenvalue weighted by Crippen LogP contribution is 2.39. The first-order chi connectivity index (χ1) is 13.6. The van der Waals surface area contributed by atoms with E-state index in [2.05, 4.69) is 29.0 Å². The van der Waals surface area contributed by atoms with Gasteiger partial charge in [0, 0.05) is 28.4 Å². The maximum Gasteiger partial charge on any atom is 0.174 e. The number of halogens is 1. The van der Waals surface area contributed by atoms with Crippen molar-refractivity contribution >= 4 is 11.6 Å². The molecule has 0 aliphatic carbocycles. The highest BCUT2D eigenvalue weighted by molar-refractivity contribution is 6.31. The summed E-state index contributed by atoms with van der Waals surface area (Å²) in [5.74, 6) is 0.568. The van der Waals surface area contributed by atoms with E-state index in [9.17, 15) is 5.11 Å². The molecule has 0 fully saturated rings. The van der Waals surface area contributed by atoms with Crippen LogP contribution < -0.4 is 0 Å². The van der Waals surface area contributed by atoms with Crippen LogP contribution in [-0.4, -0.2) is 15.1 Å². The van der Waals surface area contributed by atoms with Crippen molar-refractivity contribution in [2.75, 3.05) is 0 Å². The molecule has 0 bridgehead atoms. The van der Waals surface area contributed by atoms with Crippen LogP contribution in [0.25, 0.3) is 0 Å². The van der Waals surface area contributed by atoms with Crippen LogP contribution >= 0.6 is 11.6 Å². The van der Waals surface area contributed by atoms with Crippen LogP contribution in [0.5, 0.6) is 0 Å². The molecule has 2 N–H and O–H groups in total. The molecular formula is C24H21ClN2O. The Morgan fingerprint density at radius 1 is 0.893 bits per heavy atom. The number of nitrogens with one attached hydrogen (secondary N) is 1. The number of imidazole rings is 1. The molecule has 1 aromatic heterocycles. The Morgan fingerprint density at radius 2 is 1.50 bits per heavy atom. The van der Waals surface area contributed by atoms with Crippen molar-refractivity contribution in [1.82, 2.24) is 9.97 Å². The van der Waals surface area contributed by atoms with E-state index in [-0.39, 0.29) is 5.92 Å². The molecule has 0 amide bonds. The number of nitrogens with zero attached hydrogens (tertiary/aromatic N) is 1. The van der Waals surface area contributed by atoms with E-state index in [0.717, 1.165) is 5.69 Å². The first-order valence-electron chi connectivity index (χ1n) is 9.24. The van der Waals surface area contributed by atoms with Crippen LogP contribution in [0, 0.1) is 0 Å². The second-order valence-corrected chi connectivity index (χ2v) is 7.28. The van der Waals surface area contributed by atoms with Crippen molar-refractivity contribution < 1.29 is 5.11 Å². The van der Waals surface area contributed by atoms with E-state index < -0.39 is 5.60 Å². The minimum absolute atomic E-state index is 0.119. The summed E-state index contributed by atoms with van der Waals surface area (Å²) in [6.07, 6.45) is 1.79. The second kappa shape index (κ2) is 7.63. The molecule has 1 heterocycles. The number of hydrogen-bond acceptors (Lipinski definition) is 2. The van der Waals surface area contributed by atoms with Crippen molar-refractivity contribution in [3.8, 4) is 0 Å². The number of aromatic amines is 1. The molecule has 0 saturated carbocycles. The highest BCUT2D eigenvalue weighted by atomic mass is 35.5. The molecule has 0 aliphatic rings. The lowest BCUT2D eigenvalue weighted by Crippen LogP contribution is -2.30. The van der Waals surface area contributed by atoms with Gasteiger partial charge in [0.05, 0.1) is 0 Å². The first kappa shape index (κ1) is 18.5. The lowest BCUT2D eigenvalue weighted by Gasteiger charge is -2.28. The van der Waals surface area contributed by atoms with Gasteiger partial charge >= 0.3 is 0 Å². The molecular weight excluding hydrogens is 368 g/mol. The zero-order valence-electron chi connectivity index (χ0n) is 15.5. The number of hydrogen-bond donors (Lipinski definition) is 2. The van der Waals surface area contributed by atoms with Crippen molar-refractivity contribution in [2.24, 2.45) is 0 Å². The Hall–Kier alpha value is -2.88. The smallest absolute Gasteiger partial charge is 0.174 e. The van der Waals surface area contributed by atoms with Crippen LogP contribution in [0.4, 0.5) is 0 Å². The van der Waals surface area contributed by atoms with Gasteiger partial charge in [0.25, 0.3) is 0 Å². The van der Waals surface area contributed by atoms with Gasteiger partial charge in [-0.05, 0) is 17.2 Å². The van der Waals surface area contributed by atoms with Crippen LogP contribution in [0.2, 0.25) is 5.02 Å². The van der Waals surface area contributed by atoms with Gasteiger partial charge in [-0.2, -0.15) is 0 Å². The molecule has 3 nitrogen and oxygen atoms in total.